The first kappa shape index (κ1) is 11.5. The zero-order valence-electron chi connectivity index (χ0n) is 9.03. The molecule has 1 saturated heterocycles. The summed E-state index contributed by atoms with van der Waals surface area (Å²) in [4.78, 5) is 27.6. The number of carbonyl (C=O) groups excluding carboxylic acids is 1. The number of carboxylic acids is 1. The van der Waals surface area contributed by atoms with Gasteiger partial charge >= 0.3 is 5.97 Å². The Hall–Kier alpha value is -1.96. The monoisotopic (exact) mass is 241 g/mol. The topological polar surface area (TPSA) is 117 Å². The van der Waals surface area contributed by atoms with Crippen LogP contribution in [0.3, 0.4) is 0 Å². The summed E-state index contributed by atoms with van der Waals surface area (Å²) in [5.41, 5.74) is 0. The lowest BCUT2D eigenvalue weighted by Crippen LogP contribution is -2.41. The molecule has 0 aliphatic carbocycles. The van der Waals surface area contributed by atoms with Crippen LogP contribution in [0.25, 0.3) is 0 Å². The molecule has 0 spiro atoms. The number of hydrogen-bond acceptors (Lipinski definition) is 6. The molecule has 1 aromatic heterocycles. The molecule has 1 aliphatic heterocycles. The summed E-state index contributed by atoms with van der Waals surface area (Å²) in [6.45, 7) is 1.49. The number of aromatic nitrogens is 2. The van der Waals surface area contributed by atoms with Gasteiger partial charge in [-0.1, -0.05) is 5.16 Å². The third kappa shape index (κ3) is 2.11. The molecule has 2 N–H and O–H groups in total. The smallest absolute Gasteiger partial charge is 0.326 e. The minimum absolute atomic E-state index is 0.0118. The molecule has 0 saturated carbocycles. The van der Waals surface area contributed by atoms with Crippen molar-refractivity contribution in [1.29, 1.82) is 0 Å². The molecule has 1 fully saturated rings. The van der Waals surface area contributed by atoms with Crippen LogP contribution >= 0.6 is 0 Å². The van der Waals surface area contributed by atoms with Crippen LogP contribution in [0, 0.1) is 6.92 Å². The first-order chi connectivity index (χ1) is 7.99. The molecular weight excluding hydrogens is 230 g/mol. The van der Waals surface area contributed by atoms with E-state index < -0.39 is 24.0 Å². The fourth-order valence-corrected chi connectivity index (χ4v) is 1.79. The Morgan fingerprint density at radius 3 is 2.76 bits per heavy atom. The summed E-state index contributed by atoms with van der Waals surface area (Å²) in [5, 5.41) is 21.8. The van der Waals surface area contributed by atoms with Crippen LogP contribution in [0.1, 0.15) is 22.9 Å². The third-order valence-corrected chi connectivity index (χ3v) is 2.54. The van der Waals surface area contributed by atoms with Crippen molar-refractivity contribution in [3.63, 3.8) is 0 Å². The Morgan fingerprint density at radius 2 is 2.24 bits per heavy atom. The van der Waals surface area contributed by atoms with Gasteiger partial charge in [-0.25, -0.2) is 4.79 Å². The van der Waals surface area contributed by atoms with E-state index in [2.05, 4.69) is 14.7 Å². The van der Waals surface area contributed by atoms with Crippen molar-refractivity contribution < 1.29 is 24.3 Å². The van der Waals surface area contributed by atoms with Crippen LogP contribution in [-0.2, 0) is 4.79 Å². The van der Waals surface area contributed by atoms with Gasteiger partial charge in [-0.15, -0.1) is 0 Å². The molecule has 8 nitrogen and oxygen atoms in total. The predicted molar refractivity (Wildman–Crippen MR) is 52.1 cm³/mol. The first-order valence-electron chi connectivity index (χ1n) is 5.01. The molecule has 1 unspecified atom stereocenters. The van der Waals surface area contributed by atoms with Gasteiger partial charge in [0.1, 0.15) is 6.04 Å². The van der Waals surface area contributed by atoms with Crippen LogP contribution < -0.4 is 0 Å². The summed E-state index contributed by atoms with van der Waals surface area (Å²) in [5.74, 6) is -1.77. The number of aryl methyl sites for hydroxylation is 1. The van der Waals surface area contributed by atoms with Crippen molar-refractivity contribution >= 4 is 11.9 Å². The number of β-amino-alcohol motifs (C(OH)–C–C–N with tert-alkyl or cyclic N) is 1. The Morgan fingerprint density at radius 1 is 1.53 bits per heavy atom. The van der Waals surface area contributed by atoms with Crippen molar-refractivity contribution in [3.05, 3.63) is 11.7 Å². The van der Waals surface area contributed by atoms with Gasteiger partial charge in [0.05, 0.1) is 6.10 Å². The zero-order chi connectivity index (χ0) is 12.6. The van der Waals surface area contributed by atoms with Crippen molar-refractivity contribution in [2.75, 3.05) is 6.54 Å². The highest BCUT2D eigenvalue weighted by Crippen LogP contribution is 2.20. The fourth-order valence-electron chi connectivity index (χ4n) is 1.79. The van der Waals surface area contributed by atoms with Gasteiger partial charge in [-0.3, -0.25) is 4.79 Å². The van der Waals surface area contributed by atoms with Crippen LogP contribution in [0.4, 0.5) is 0 Å². The molecule has 2 atom stereocenters. The summed E-state index contributed by atoms with van der Waals surface area (Å²) in [7, 11) is 0. The molecule has 1 amide bonds. The van der Waals surface area contributed by atoms with Crippen LogP contribution in [0.15, 0.2) is 4.52 Å². The summed E-state index contributed by atoms with van der Waals surface area (Å²) in [6, 6.07) is -1.05. The van der Waals surface area contributed by atoms with E-state index >= 15 is 0 Å². The molecular formula is C9H11N3O5. The van der Waals surface area contributed by atoms with E-state index in [9.17, 15) is 14.7 Å². The average Bonchev–Trinajstić information content (AvgIpc) is 2.83. The highest BCUT2D eigenvalue weighted by molar-refractivity contribution is 5.93. The second-order valence-electron chi connectivity index (χ2n) is 3.84. The Labute approximate surface area is 95.8 Å². The van der Waals surface area contributed by atoms with Gasteiger partial charge < -0.3 is 19.6 Å². The number of rotatable bonds is 2. The molecule has 2 rings (SSSR count). The molecule has 17 heavy (non-hydrogen) atoms. The molecule has 1 aliphatic rings. The zero-order valence-corrected chi connectivity index (χ0v) is 9.03. The summed E-state index contributed by atoms with van der Waals surface area (Å²) >= 11 is 0. The van der Waals surface area contributed by atoms with Crippen LogP contribution in [0.2, 0.25) is 0 Å². The number of aliphatic hydroxyl groups is 1. The van der Waals surface area contributed by atoms with Crippen molar-refractivity contribution in [3.8, 4) is 0 Å². The molecule has 0 radical (unpaired) electrons. The molecule has 0 aromatic carbocycles. The van der Waals surface area contributed by atoms with Gasteiger partial charge in [0.2, 0.25) is 5.89 Å². The lowest BCUT2D eigenvalue weighted by molar-refractivity contribution is -0.141. The SMILES string of the molecule is Cc1nc(C(=O)N2CC(O)C[C@H]2C(=O)O)no1. The van der Waals surface area contributed by atoms with Gasteiger partial charge in [0, 0.05) is 19.9 Å². The van der Waals surface area contributed by atoms with Gasteiger partial charge in [0.15, 0.2) is 0 Å². The predicted octanol–water partition coefficient (Wildman–Crippen LogP) is -0.962. The average molecular weight is 241 g/mol. The fraction of sp³-hybridized carbons (Fsp3) is 0.556. The highest BCUT2D eigenvalue weighted by atomic mass is 16.5. The number of amides is 1. The minimum atomic E-state index is -1.16. The summed E-state index contributed by atoms with van der Waals surface area (Å²) in [6.07, 6.45) is -0.828. The molecule has 2 heterocycles. The normalized spacial score (nSPS) is 24.0. The first-order valence-corrected chi connectivity index (χ1v) is 5.01. The Bertz CT molecular complexity index is 457. The number of aliphatic hydroxyl groups excluding tert-OH is 1. The number of hydrogen-bond donors (Lipinski definition) is 2. The molecule has 1 aromatic rings. The van der Waals surface area contributed by atoms with E-state index in [0.29, 0.717) is 0 Å². The Kier molecular flexibility index (Phi) is 2.80. The van der Waals surface area contributed by atoms with E-state index in [-0.39, 0.29) is 24.7 Å². The lowest BCUT2D eigenvalue weighted by atomic mass is 10.2. The highest BCUT2D eigenvalue weighted by Gasteiger charge is 2.40. The van der Waals surface area contributed by atoms with Crippen molar-refractivity contribution in [2.24, 2.45) is 0 Å². The largest absolute Gasteiger partial charge is 0.480 e. The maximum atomic E-state index is 11.9. The third-order valence-electron chi connectivity index (χ3n) is 2.54. The molecule has 0 bridgehead atoms. The van der Waals surface area contributed by atoms with E-state index in [1.54, 1.807) is 0 Å². The number of carbonyl (C=O) groups is 2. The second-order valence-corrected chi connectivity index (χ2v) is 3.84. The van der Waals surface area contributed by atoms with E-state index in [1.165, 1.54) is 6.92 Å². The molecule has 92 valence electrons. The van der Waals surface area contributed by atoms with Crippen LogP contribution in [-0.4, -0.2) is 55.8 Å². The molecule has 8 heteroatoms. The second kappa shape index (κ2) is 4.13. The van der Waals surface area contributed by atoms with E-state index in [4.69, 9.17) is 5.11 Å². The maximum Gasteiger partial charge on any atom is 0.326 e. The van der Waals surface area contributed by atoms with Gasteiger partial charge in [-0.2, -0.15) is 4.98 Å². The number of likely N-dealkylation sites (tertiary alicyclic amines) is 1. The van der Waals surface area contributed by atoms with Gasteiger partial charge in [0.25, 0.3) is 11.7 Å². The minimum Gasteiger partial charge on any atom is -0.480 e. The van der Waals surface area contributed by atoms with Crippen molar-refractivity contribution in [1.82, 2.24) is 15.0 Å². The van der Waals surface area contributed by atoms with Crippen molar-refractivity contribution in [2.45, 2.75) is 25.5 Å². The quantitative estimate of drug-likeness (QED) is 0.684. The maximum absolute atomic E-state index is 11.9. The summed E-state index contributed by atoms with van der Waals surface area (Å²) < 4.78 is 4.65. The van der Waals surface area contributed by atoms with Gasteiger partial charge in [-0.05, 0) is 0 Å². The Balaban J connectivity index is 2.21. The van der Waals surface area contributed by atoms with E-state index in [0.717, 1.165) is 4.90 Å². The van der Waals surface area contributed by atoms with E-state index in [1.807, 2.05) is 0 Å². The lowest BCUT2D eigenvalue weighted by Gasteiger charge is -2.18. The standard InChI is InChI=1S/C9H11N3O5/c1-4-10-7(11-17-4)8(14)12-3-5(13)2-6(12)9(15)16/h5-6,13H,2-3H2,1H3,(H,15,16)/t5?,6-/m0/s1. The van der Waals surface area contributed by atoms with Crippen LogP contribution in [0.5, 0.6) is 0 Å². The number of aliphatic carboxylic acids is 1. The number of carboxylic acid groups (broad SMARTS) is 1. The number of nitrogens with zero attached hydrogens (tertiary/aromatic N) is 3.